The van der Waals surface area contributed by atoms with Gasteiger partial charge in [-0.25, -0.2) is 0 Å². The summed E-state index contributed by atoms with van der Waals surface area (Å²) in [5.41, 5.74) is 5.53. The first-order chi connectivity index (χ1) is 6.06. The molecule has 0 aliphatic rings. The molecule has 0 bridgehead atoms. The monoisotopic (exact) mass is 188 g/mol. The summed E-state index contributed by atoms with van der Waals surface area (Å²) in [7, 11) is 0. The number of hydrogen-bond acceptors (Lipinski definition) is 3. The summed E-state index contributed by atoms with van der Waals surface area (Å²) in [6.45, 7) is 3.68. The molecule has 0 saturated carbocycles. The number of amides is 1. The van der Waals surface area contributed by atoms with Crippen LogP contribution in [-0.4, -0.2) is 29.7 Å². The fraction of sp³-hybridized carbons (Fsp3) is 0.889. The van der Waals surface area contributed by atoms with Crippen LogP contribution in [0.5, 0.6) is 0 Å². The highest BCUT2D eigenvalue weighted by atomic mass is 16.3. The van der Waals surface area contributed by atoms with Gasteiger partial charge >= 0.3 is 0 Å². The summed E-state index contributed by atoms with van der Waals surface area (Å²) in [5, 5.41) is 11.3. The molecule has 0 heterocycles. The lowest BCUT2D eigenvalue weighted by molar-refractivity contribution is -0.122. The molecule has 13 heavy (non-hydrogen) atoms. The second-order valence-electron chi connectivity index (χ2n) is 3.52. The molecule has 0 aromatic carbocycles. The molecule has 1 unspecified atom stereocenters. The number of carbonyl (C=O) groups excluding carboxylic acids is 1. The van der Waals surface area contributed by atoms with Gasteiger partial charge in [-0.2, -0.15) is 0 Å². The summed E-state index contributed by atoms with van der Waals surface area (Å²) in [6, 6.07) is 0.00543. The zero-order valence-electron chi connectivity index (χ0n) is 8.42. The van der Waals surface area contributed by atoms with Crippen molar-refractivity contribution in [3.8, 4) is 0 Å². The van der Waals surface area contributed by atoms with Gasteiger partial charge in [0, 0.05) is 18.5 Å². The molecule has 0 rings (SSSR count). The molecular weight excluding hydrogens is 168 g/mol. The van der Waals surface area contributed by atoms with Gasteiger partial charge in [-0.3, -0.25) is 4.79 Å². The molecule has 4 N–H and O–H groups in total. The van der Waals surface area contributed by atoms with Crippen LogP contribution in [0.15, 0.2) is 0 Å². The van der Waals surface area contributed by atoms with Crippen LogP contribution in [0.1, 0.15) is 33.1 Å². The van der Waals surface area contributed by atoms with Gasteiger partial charge in [-0.05, 0) is 26.7 Å². The highest BCUT2D eigenvalue weighted by Crippen LogP contribution is 1.98. The molecule has 0 spiro atoms. The second-order valence-corrected chi connectivity index (χ2v) is 3.52. The maximum Gasteiger partial charge on any atom is 0.220 e. The first-order valence-electron chi connectivity index (χ1n) is 4.72. The highest BCUT2D eigenvalue weighted by molar-refractivity contribution is 5.76. The lowest BCUT2D eigenvalue weighted by Gasteiger charge is -2.10. The van der Waals surface area contributed by atoms with Crippen LogP contribution >= 0.6 is 0 Å². The topological polar surface area (TPSA) is 75.4 Å². The van der Waals surface area contributed by atoms with Crippen molar-refractivity contribution in [3.63, 3.8) is 0 Å². The van der Waals surface area contributed by atoms with Gasteiger partial charge in [0.2, 0.25) is 5.91 Å². The van der Waals surface area contributed by atoms with Gasteiger partial charge in [0.25, 0.3) is 0 Å². The molecule has 4 heteroatoms. The Balaban J connectivity index is 3.41. The highest BCUT2D eigenvalue weighted by Gasteiger charge is 2.05. The van der Waals surface area contributed by atoms with Crippen LogP contribution in [0, 0.1) is 0 Å². The van der Waals surface area contributed by atoms with Gasteiger partial charge < -0.3 is 16.2 Å². The number of hydrogen-bond donors (Lipinski definition) is 3. The zero-order valence-corrected chi connectivity index (χ0v) is 8.42. The molecule has 0 aromatic heterocycles. The van der Waals surface area contributed by atoms with E-state index in [4.69, 9.17) is 10.8 Å². The quantitative estimate of drug-likeness (QED) is 0.549. The van der Waals surface area contributed by atoms with E-state index >= 15 is 0 Å². The van der Waals surface area contributed by atoms with Crippen LogP contribution in [0.25, 0.3) is 0 Å². The normalized spacial score (nSPS) is 15.1. The minimum atomic E-state index is -0.150. The Labute approximate surface area is 79.5 Å². The number of aliphatic hydroxyl groups is 1. The third-order valence-electron chi connectivity index (χ3n) is 1.74. The van der Waals surface area contributed by atoms with Crippen LogP contribution in [0.3, 0.4) is 0 Å². The van der Waals surface area contributed by atoms with E-state index in [-0.39, 0.29) is 24.6 Å². The van der Waals surface area contributed by atoms with Crippen LogP contribution in [-0.2, 0) is 4.79 Å². The van der Waals surface area contributed by atoms with Crippen molar-refractivity contribution in [2.75, 3.05) is 6.61 Å². The maximum absolute atomic E-state index is 11.1. The number of rotatable bonds is 6. The summed E-state index contributed by atoms with van der Waals surface area (Å²) >= 11 is 0. The third kappa shape index (κ3) is 7.74. The standard InChI is InChI=1S/C9H20N2O2/c1-7(10)4-3-5-9(13)11-8(2)6-12/h7-8,12H,3-6,10H2,1-2H3,(H,11,13)/t7?,8-/m1/s1. The Morgan fingerprint density at radius 1 is 1.54 bits per heavy atom. The molecule has 0 aliphatic carbocycles. The largest absolute Gasteiger partial charge is 0.394 e. The van der Waals surface area contributed by atoms with Crippen molar-refractivity contribution in [3.05, 3.63) is 0 Å². The molecule has 4 nitrogen and oxygen atoms in total. The van der Waals surface area contributed by atoms with Crippen molar-refractivity contribution in [1.82, 2.24) is 5.32 Å². The molecule has 1 amide bonds. The summed E-state index contributed by atoms with van der Waals surface area (Å²) in [4.78, 5) is 11.1. The minimum absolute atomic E-state index is 0.0119. The van der Waals surface area contributed by atoms with Crippen molar-refractivity contribution in [1.29, 1.82) is 0 Å². The summed E-state index contributed by atoms with van der Waals surface area (Å²) in [5.74, 6) is -0.0119. The van der Waals surface area contributed by atoms with Gasteiger partial charge in [0.15, 0.2) is 0 Å². The number of nitrogens with two attached hydrogens (primary N) is 1. The van der Waals surface area contributed by atoms with Crippen molar-refractivity contribution >= 4 is 5.91 Å². The van der Waals surface area contributed by atoms with Crippen LogP contribution in [0.2, 0.25) is 0 Å². The van der Waals surface area contributed by atoms with E-state index in [2.05, 4.69) is 5.32 Å². The SMILES string of the molecule is CC(N)CCCC(=O)N[C@H](C)CO. The number of nitrogens with one attached hydrogen (secondary N) is 1. The van der Waals surface area contributed by atoms with E-state index < -0.39 is 0 Å². The first-order valence-corrected chi connectivity index (χ1v) is 4.72. The Bertz CT molecular complexity index is 149. The Morgan fingerprint density at radius 3 is 2.62 bits per heavy atom. The van der Waals surface area contributed by atoms with Gasteiger partial charge in [-0.1, -0.05) is 0 Å². The van der Waals surface area contributed by atoms with E-state index in [0.29, 0.717) is 6.42 Å². The van der Waals surface area contributed by atoms with Crippen LogP contribution in [0.4, 0.5) is 0 Å². The van der Waals surface area contributed by atoms with E-state index in [0.717, 1.165) is 12.8 Å². The second kappa shape index (κ2) is 6.86. The van der Waals surface area contributed by atoms with Crippen molar-refractivity contribution in [2.45, 2.75) is 45.2 Å². The lowest BCUT2D eigenvalue weighted by atomic mass is 10.1. The van der Waals surface area contributed by atoms with Gasteiger partial charge in [0.05, 0.1) is 6.61 Å². The van der Waals surface area contributed by atoms with Crippen molar-refractivity contribution < 1.29 is 9.90 Å². The molecule has 0 fully saturated rings. The maximum atomic E-state index is 11.1. The summed E-state index contributed by atoms with van der Waals surface area (Å²) in [6.07, 6.45) is 2.16. The molecule has 78 valence electrons. The Hall–Kier alpha value is -0.610. The molecule has 0 aliphatic heterocycles. The van der Waals surface area contributed by atoms with Crippen molar-refractivity contribution in [2.24, 2.45) is 5.73 Å². The van der Waals surface area contributed by atoms with Gasteiger partial charge in [-0.15, -0.1) is 0 Å². The molecule has 2 atom stereocenters. The zero-order chi connectivity index (χ0) is 10.3. The Morgan fingerprint density at radius 2 is 2.15 bits per heavy atom. The van der Waals surface area contributed by atoms with E-state index in [1.54, 1.807) is 6.92 Å². The van der Waals surface area contributed by atoms with E-state index in [1.165, 1.54) is 0 Å². The number of carbonyl (C=O) groups is 1. The minimum Gasteiger partial charge on any atom is -0.394 e. The first kappa shape index (κ1) is 12.4. The molecular formula is C9H20N2O2. The van der Waals surface area contributed by atoms with Gasteiger partial charge in [0.1, 0.15) is 0 Å². The lowest BCUT2D eigenvalue weighted by Crippen LogP contribution is -2.34. The van der Waals surface area contributed by atoms with Crippen LogP contribution < -0.4 is 11.1 Å². The molecule has 0 saturated heterocycles. The van der Waals surface area contributed by atoms with E-state index in [1.807, 2.05) is 6.92 Å². The fourth-order valence-corrected chi connectivity index (χ4v) is 0.977. The predicted octanol–water partition coefficient (Wildman–Crippen LogP) is 0.000900. The predicted molar refractivity (Wildman–Crippen MR) is 52.2 cm³/mol. The molecule has 0 aromatic rings. The Kier molecular flexibility index (Phi) is 6.54. The average Bonchev–Trinajstić information content (AvgIpc) is 2.03. The van der Waals surface area contributed by atoms with E-state index in [9.17, 15) is 4.79 Å². The smallest absolute Gasteiger partial charge is 0.220 e. The number of aliphatic hydroxyl groups excluding tert-OH is 1. The average molecular weight is 188 g/mol. The fourth-order valence-electron chi connectivity index (χ4n) is 0.977. The molecule has 0 radical (unpaired) electrons. The summed E-state index contributed by atoms with van der Waals surface area (Å²) < 4.78 is 0. The third-order valence-corrected chi connectivity index (χ3v) is 1.74.